The van der Waals surface area contributed by atoms with Gasteiger partial charge in [-0.3, -0.25) is 0 Å². The van der Waals surface area contributed by atoms with Crippen LogP contribution >= 0.6 is 0 Å². The molecule has 0 amide bonds. The summed E-state index contributed by atoms with van der Waals surface area (Å²) >= 11 is 0. The average molecular weight is 355 g/mol. The summed E-state index contributed by atoms with van der Waals surface area (Å²) in [7, 11) is -2.72. The zero-order chi connectivity index (χ0) is 18.0. The lowest BCUT2D eigenvalue weighted by Gasteiger charge is -2.13. The molecule has 2 aromatic rings. The van der Waals surface area contributed by atoms with Crippen LogP contribution in [0.4, 0.5) is 13.2 Å². The van der Waals surface area contributed by atoms with Crippen molar-refractivity contribution in [3.05, 3.63) is 59.7 Å². The Bertz CT molecular complexity index is 851. The molecule has 24 heavy (non-hydrogen) atoms. The summed E-state index contributed by atoms with van der Waals surface area (Å²) in [5, 5.41) is 7.72. The molecule has 0 spiro atoms. The fraction of sp³-hybridized carbons (Fsp3) is 0.188. The minimum absolute atomic E-state index is 0.207. The number of alkyl halides is 3. The van der Waals surface area contributed by atoms with E-state index in [1.54, 1.807) is 6.07 Å². The predicted octanol–water partition coefficient (Wildman–Crippen LogP) is 3.75. The van der Waals surface area contributed by atoms with E-state index in [4.69, 9.17) is 4.74 Å². The Morgan fingerprint density at radius 3 is 2.00 bits per heavy atom. The summed E-state index contributed by atoms with van der Waals surface area (Å²) in [6.45, 7) is 0. The monoisotopic (exact) mass is 355 g/mol. The van der Waals surface area contributed by atoms with Crippen LogP contribution in [0.15, 0.2) is 53.4 Å². The Morgan fingerprint density at radius 2 is 1.58 bits per heavy atom. The molecule has 0 aromatic heterocycles. The SMILES string of the molecule is COc1ccc(C(C#N)S(=O)(=O)c2ccc(C(F)(F)F)cc2)cc1. The third-order valence-corrected chi connectivity index (χ3v) is 5.28. The van der Waals surface area contributed by atoms with Crippen LogP contribution in [0.25, 0.3) is 0 Å². The topological polar surface area (TPSA) is 67.2 Å². The molecule has 126 valence electrons. The smallest absolute Gasteiger partial charge is 0.416 e. The maximum atomic E-state index is 12.6. The first-order chi connectivity index (χ1) is 11.2. The zero-order valence-electron chi connectivity index (χ0n) is 12.4. The number of halogens is 3. The van der Waals surface area contributed by atoms with E-state index in [1.165, 1.54) is 31.4 Å². The third-order valence-electron chi connectivity index (χ3n) is 3.36. The first kappa shape index (κ1) is 17.8. The molecule has 0 bridgehead atoms. The van der Waals surface area contributed by atoms with Crippen LogP contribution in [0.5, 0.6) is 5.75 Å². The van der Waals surface area contributed by atoms with Crippen LogP contribution in [0.1, 0.15) is 16.4 Å². The molecule has 0 aliphatic rings. The summed E-state index contributed by atoms with van der Waals surface area (Å²) in [5.74, 6) is 0.488. The molecule has 8 heteroatoms. The highest BCUT2D eigenvalue weighted by atomic mass is 32.2. The Balaban J connectivity index is 2.41. The van der Waals surface area contributed by atoms with Gasteiger partial charge >= 0.3 is 6.18 Å². The molecule has 0 saturated carbocycles. The molecule has 0 N–H and O–H groups in total. The van der Waals surface area contributed by atoms with Gasteiger partial charge in [-0.05, 0) is 42.0 Å². The number of rotatable bonds is 4. The largest absolute Gasteiger partial charge is 0.497 e. The highest BCUT2D eigenvalue weighted by molar-refractivity contribution is 7.92. The van der Waals surface area contributed by atoms with Crippen molar-refractivity contribution in [1.82, 2.24) is 0 Å². The summed E-state index contributed by atoms with van der Waals surface area (Å²) in [6, 6.07) is 10.6. The first-order valence-electron chi connectivity index (χ1n) is 6.65. The van der Waals surface area contributed by atoms with Gasteiger partial charge in [-0.15, -0.1) is 0 Å². The van der Waals surface area contributed by atoms with Gasteiger partial charge < -0.3 is 4.74 Å². The number of sulfone groups is 1. The van der Waals surface area contributed by atoms with E-state index < -0.39 is 26.8 Å². The van der Waals surface area contributed by atoms with Gasteiger partial charge in [0.25, 0.3) is 0 Å². The molecular formula is C16H12F3NO3S. The van der Waals surface area contributed by atoms with E-state index in [2.05, 4.69) is 0 Å². The molecule has 0 aliphatic carbocycles. The molecule has 0 saturated heterocycles. The lowest BCUT2D eigenvalue weighted by Crippen LogP contribution is -2.13. The van der Waals surface area contributed by atoms with E-state index in [-0.39, 0.29) is 10.5 Å². The Labute approximate surface area is 137 Å². The highest BCUT2D eigenvalue weighted by Gasteiger charge is 2.33. The Kier molecular flexibility index (Phi) is 4.85. The molecule has 0 heterocycles. The number of nitrogens with zero attached hydrogens (tertiary/aromatic N) is 1. The lowest BCUT2D eigenvalue weighted by molar-refractivity contribution is -0.137. The van der Waals surface area contributed by atoms with E-state index in [9.17, 15) is 26.9 Å². The fourth-order valence-corrected chi connectivity index (χ4v) is 3.51. The number of ether oxygens (including phenoxy) is 1. The molecule has 0 fully saturated rings. The molecule has 2 aromatic carbocycles. The van der Waals surface area contributed by atoms with Crippen LogP contribution in [-0.2, 0) is 16.0 Å². The molecule has 2 rings (SSSR count). The molecular weight excluding hydrogens is 343 g/mol. The van der Waals surface area contributed by atoms with Gasteiger partial charge in [-0.2, -0.15) is 18.4 Å². The molecule has 1 atom stereocenters. The van der Waals surface area contributed by atoms with Crippen molar-refractivity contribution in [3.63, 3.8) is 0 Å². The molecule has 0 radical (unpaired) electrons. The van der Waals surface area contributed by atoms with Crippen LogP contribution in [0.2, 0.25) is 0 Å². The van der Waals surface area contributed by atoms with Crippen molar-refractivity contribution < 1.29 is 26.3 Å². The Morgan fingerprint density at radius 1 is 1.04 bits per heavy atom. The minimum Gasteiger partial charge on any atom is -0.497 e. The molecule has 4 nitrogen and oxygen atoms in total. The minimum atomic E-state index is -4.56. The molecule has 1 unspecified atom stereocenters. The summed E-state index contributed by atoms with van der Waals surface area (Å²) in [4.78, 5) is -0.349. The number of benzene rings is 2. The van der Waals surface area contributed by atoms with E-state index in [0.29, 0.717) is 17.9 Å². The lowest BCUT2D eigenvalue weighted by atomic mass is 10.1. The van der Waals surface area contributed by atoms with Gasteiger partial charge in [0.05, 0.1) is 23.6 Å². The molecule has 0 aliphatic heterocycles. The second-order valence-electron chi connectivity index (χ2n) is 4.85. The highest BCUT2D eigenvalue weighted by Crippen LogP contribution is 2.33. The van der Waals surface area contributed by atoms with Crippen molar-refractivity contribution in [2.24, 2.45) is 0 Å². The van der Waals surface area contributed by atoms with Crippen LogP contribution in [0.3, 0.4) is 0 Å². The van der Waals surface area contributed by atoms with Gasteiger partial charge in [-0.25, -0.2) is 8.42 Å². The summed E-state index contributed by atoms with van der Waals surface area (Å²) in [5.41, 5.74) is -0.752. The van der Waals surface area contributed by atoms with Crippen LogP contribution < -0.4 is 4.74 Å². The Hall–Kier alpha value is -2.53. The van der Waals surface area contributed by atoms with Gasteiger partial charge in [-0.1, -0.05) is 12.1 Å². The quantitative estimate of drug-likeness (QED) is 0.838. The van der Waals surface area contributed by atoms with Gasteiger partial charge in [0, 0.05) is 0 Å². The van der Waals surface area contributed by atoms with E-state index in [1.807, 2.05) is 0 Å². The van der Waals surface area contributed by atoms with Crippen molar-refractivity contribution in [2.45, 2.75) is 16.3 Å². The summed E-state index contributed by atoms with van der Waals surface area (Å²) in [6.07, 6.45) is -4.56. The van der Waals surface area contributed by atoms with Crippen LogP contribution in [0, 0.1) is 11.3 Å². The van der Waals surface area contributed by atoms with Gasteiger partial charge in [0.2, 0.25) is 0 Å². The van der Waals surface area contributed by atoms with E-state index >= 15 is 0 Å². The van der Waals surface area contributed by atoms with E-state index in [0.717, 1.165) is 12.1 Å². The summed E-state index contributed by atoms with van der Waals surface area (Å²) < 4.78 is 67.7. The number of hydrogen-bond acceptors (Lipinski definition) is 4. The number of nitriles is 1. The van der Waals surface area contributed by atoms with Crippen molar-refractivity contribution >= 4 is 9.84 Å². The second-order valence-corrected chi connectivity index (χ2v) is 6.88. The number of hydrogen-bond donors (Lipinski definition) is 0. The maximum Gasteiger partial charge on any atom is 0.416 e. The second kappa shape index (κ2) is 6.53. The average Bonchev–Trinajstić information content (AvgIpc) is 2.55. The van der Waals surface area contributed by atoms with Crippen molar-refractivity contribution in [1.29, 1.82) is 5.26 Å². The maximum absolute atomic E-state index is 12.6. The number of methoxy groups -OCH3 is 1. The van der Waals surface area contributed by atoms with Crippen LogP contribution in [-0.4, -0.2) is 15.5 Å². The zero-order valence-corrected chi connectivity index (χ0v) is 13.2. The third kappa shape index (κ3) is 3.51. The first-order valence-corrected chi connectivity index (χ1v) is 8.19. The van der Waals surface area contributed by atoms with Crippen molar-refractivity contribution in [2.75, 3.05) is 7.11 Å². The fourth-order valence-electron chi connectivity index (χ4n) is 2.07. The normalized spacial score (nSPS) is 13.1. The van der Waals surface area contributed by atoms with Gasteiger partial charge in [0.15, 0.2) is 15.1 Å². The predicted molar refractivity (Wildman–Crippen MR) is 80.0 cm³/mol. The van der Waals surface area contributed by atoms with Gasteiger partial charge in [0.1, 0.15) is 5.75 Å². The van der Waals surface area contributed by atoms with Crippen molar-refractivity contribution in [3.8, 4) is 11.8 Å². The standard InChI is InChI=1S/C16H12F3NO3S/c1-23-13-6-2-11(3-7-13)15(10-20)24(21,22)14-8-4-12(5-9-14)16(17,18)19/h2-9,15H,1H3.